The molecule has 0 spiro atoms. The van der Waals surface area contributed by atoms with Crippen molar-refractivity contribution in [2.45, 2.75) is 72.4 Å². The first kappa shape index (κ1) is 29.4. The minimum Gasteiger partial charge on any atom is -0.354 e. The van der Waals surface area contributed by atoms with Gasteiger partial charge in [0.25, 0.3) is 0 Å². The van der Waals surface area contributed by atoms with Crippen LogP contribution in [-0.4, -0.2) is 50.5 Å². The fourth-order valence-corrected chi connectivity index (χ4v) is 4.68. The maximum atomic E-state index is 13.6. The average molecular weight is 516 g/mol. The molecule has 0 bridgehead atoms. The first-order chi connectivity index (χ1) is 16.8. The number of unbranched alkanes of at least 4 members (excludes halogenated alkanes) is 1. The molecule has 0 fully saturated rings. The Kier molecular flexibility index (Phi) is 10.1. The second kappa shape index (κ2) is 12.4. The van der Waals surface area contributed by atoms with Crippen molar-refractivity contribution in [1.82, 2.24) is 10.2 Å². The number of anilines is 1. The van der Waals surface area contributed by atoms with E-state index < -0.39 is 28.5 Å². The van der Waals surface area contributed by atoms with Crippen molar-refractivity contribution in [2.24, 2.45) is 0 Å². The third-order valence-electron chi connectivity index (χ3n) is 6.30. The molecule has 1 atom stereocenters. The number of rotatable bonds is 11. The second-order valence-corrected chi connectivity index (χ2v) is 12.2. The molecule has 2 amide bonds. The second-order valence-electron chi connectivity index (χ2n) is 10.3. The molecule has 8 heteroatoms. The Balaban J connectivity index is 2.38. The predicted octanol–water partition coefficient (Wildman–Crippen LogP) is 4.39. The number of amides is 2. The van der Waals surface area contributed by atoms with Gasteiger partial charge in [-0.05, 0) is 54.5 Å². The van der Waals surface area contributed by atoms with Crippen LogP contribution in [0.25, 0.3) is 0 Å². The topological polar surface area (TPSA) is 86.8 Å². The van der Waals surface area contributed by atoms with Gasteiger partial charge in [0.2, 0.25) is 21.8 Å². The highest BCUT2D eigenvalue weighted by Gasteiger charge is 2.30. The third-order valence-corrected chi connectivity index (χ3v) is 7.44. The largest absolute Gasteiger partial charge is 0.354 e. The third kappa shape index (κ3) is 8.08. The first-order valence-electron chi connectivity index (χ1n) is 12.5. The molecule has 36 heavy (non-hydrogen) atoms. The number of nitrogens with one attached hydrogen (secondary N) is 1. The highest BCUT2D eigenvalue weighted by Crippen LogP contribution is 2.26. The molecule has 198 valence electrons. The van der Waals surface area contributed by atoms with Crippen molar-refractivity contribution >= 4 is 27.5 Å². The standard InChI is InChI=1S/C28H41N3O4S/c1-8-9-18-29-27(33)22(3)30(19-23-13-11-10-12-21(23)2)26(32)20-31(36(7,34)35)25-16-14-24(15-17-25)28(4,5)6/h10-17,22H,8-9,18-20H2,1-7H3,(H,29,33)/t22-/m0/s1. The molecule has 7 nitrogen and oxygen atoms in total. The van der Waals surface area contributed by atoms with Crippen LogP contribution in [0.5, 0.6) is 0 Å². The summed E-state index contributed by atoms with van der Waals surface area (Å²) in [6.07, 6.45) is 2.87. The zero-order valence-electron chi connectivity index (χ0n) is 22.7. The van der Waals surface area contributed by atoms with Gasteiger partial charge < -0.3 is 10.2 Å². The molecule has 0 radical (unpaired) electrons. The van der Waals surface area contributed by atoms with E-state index in [1.807, 2.05) is 50.2 Å². The molecule has 0 saturated carbocycles. The van der Waals surface area contributed by atoms with Crippen LogP contribution in [0.15, 0.2) is 48.5 Å². The van der Waals surface area contributed by atoms with Gasteiger partial charge in [-0.15, -0.1) is 0 Å². The average Bonchev–Trinajstić information content (AvgIpc) is 2.80. The monoisotopic (exact) mass is 515 g/mol. The molecule has 0 aromatic heterocycles. The summed E-state index contributed by atoms with van der Waals surface area (Å²) in [5.74, 6) is -0.701. The molecule has 0 aliphatic rings. The van der Waals surface area contributed by atoms with Crippen LogP contribution >= 0.6 is 0 Å². The lowest BCUT2D eigenvalue weighted by Gasteiger charge is -2.32. The molecule has 0 heterocycles. The SMILES string of the molecule is CCCCNC(=O)[C@H](C)N(Cc1ccccc1C)C(=O)CN(c1ccc(C(C)(C)C)cc1)S(C)(=O)=O. The molecule has 2 rings (SSSR count). The summed E-state index contributed by atoms with van der Waals surface area (Å²) in [5, 5.41) is 2.89. The maximum Gasteiger partial charge on any atom is 0.244 e. The van der Waals surface area contributed by atoms with Crippen LogP contribution in [0.4, 0.5) is 5.69 Å². The lowest BCUT2D eigenvalue weighted by Crippen LogP contribution is -2.51. The van der Waals surface area contributed by atoms with Gasteiger partial charge in [-0.2, -0.15) is 0 Å². The minimum atomic E-state index is -3.75. The van der Waals surface area contributed by atoms with Crippen molar-refractivity contribution in [2.75, 3.05) is 23.7 Å². The molecule has 1 N–H and O–H groups in total. The molecule has 2 aromatic carbocycles. The molecular weight excluding hydrogens is 474 g/mol. The van der Waals surface area contributed by atoms with Crippen LogP contribution in [0.1, 0.15) is 64.2 Å². The summed E-state index contributed by atoms with van der Waals surface area (Å²) < 4.78 is 26.6. The number of carbonyl (C=O) groups is 2. The van der Waals surface area contributed by atoms with Gasteiger partial charge in [-0.3, -0.25) is 13.9 Å². The van der Waals surface area contributed by atoms with E-state index in [0.29, 0.717) is 12.2 Å². The Morgan fingerprint density at radius 2 is 1.64 bits per heavy atom. The van der Waals surface area contributed by atoms with Gasteiger partial charge in [0.15, 0.2) is 0 Å². The highest BCUT2D eigenvalue weighted by molar-refractivity contribution is 7.92. The summed E-state index contributed by atoms with van der Waals surface area (Å²) in [7, 11) is -3.75. The summed E-state index contributed by atoms with van der Waals surface area (Å²) in [4.78, 5) is 28.0. The molecule has 0 aliphatic carbocycles. The Morgan fingerprint density at radius 3 is 2.17 bits per heavy atom. The van der Waals surface area contributed by atoms with Crippen molar-refractivity contribution in [3.63, 3.8) is 0 Å². The Morgan fingerprint density at radius 1 is 1.03 bits per heavy atom. The van der Waals surface area contributed by atoms with E-state index in [-0.39, 0.29) is 17.9 Å². The normalized spacial score (nSPS) is 12.6. The number of sulfonamides is 1. The van der Waals surface area contributed by atoms with Crippen LogP contribution in [0.2, 0.25) is 0 Å². The maximum absolute atomic E-state index is 13.6. The van der Waals surface area contributed by atoms with Crippen molar-refractivity contribution in [1.29, 1.82) is 0 Å². The van der Waals surface area contributed by atoms with Gasteiger partial charge in [-0.25, -0.2) is 8.42 Å². The van der Waals surface area contributed by atoms with Gasteiger partial charge in [0.1, 0.15) is 12.6 Å². The van der Waals surface area contributed by atoms with Gasteiger partial charge >= 0.3 is 0 Å². The highest BCUT2D eigenvalue weighted by atomic mass is 32.2. The number of carbonyl (C=O) groups excluding carboxylic acids is 2. The van der Waals surface area contributed by atoms with Crippen LogP contribution < -0.4 is 9.62 Å². The van der Waals surface area contributed by atoms with Gasteiger partial charge in [-0.1, -0.05) is 70.5 Å². The van der Waals surface area contributed by atoms with Gasteiger partial charge in [0.05, 0.1) is 11.9 Å². The van der Waals surface area contributed by atoms with E-state index in [4.69, 9.17) is 0 Å². The molecule has 2 aromatic rings. The summed E-state index contributed by atoms with van der Waals surface area (Å²) in [6, 6.07) is 14.1. The van der Waals surface area contributed by atoms with Crippen molar-refractivity contribution < 1.29 is 18.0 Å². The Labute approximate surface area is 216 Å². The van der Waals surface area contributed by atoms with Crippen molar-refractivity contribution in [3.05, 3.63) is 65.2 Å². The quantitative estimate of drug-likeness (QED) is 0.450. The molecule has 0 unspecified atom stereocenters. The van der Waals surface area contributed by atoms with Crippen LogP contribution in [0, 0.1) is 6.92 Å². The predicted molar refractivity (Wildman–Crippen MR) is 146 cm³/mol. The number of aryl methyl sites for hydroxylation is 1. The van der Waals surface area contributed by atoms with E-state index in [2.05, 4.69) is 26.1 Å². The Hall–Kier alpha value is -2.87. The molecule has 0 saturated heterocycles. The summed E-state index contributed by atoms with van der Waals surface area (Å²) in [5.41, 5.74) is 3.28. The van der Waals surface area contributed by atoms with E-state index in [1.54, 1.807) is 19.1 Å². The van der Waals surface area contributed by atoms with E-state index >= 15 is 0 Å². The Bertz CT molecular complexity index is 1140. The zero-order chi connectivity index (χ0) is 27.1. The number of nitrogens with zero attached hydrogens (tertiary/aromatic N) is 2. The lowest BCUT2D eigenvalue weighted by atomic mass is 9.87. The van der Waals surface area contributed by atoms with Crippen molar-refractivity contribution in [3.8, 4) is 0 Å². The van der Waals surface area contributed by atoms with Crippen LogP contribution in [0.3, 0.4) is 0 Å². The number of hydrogen-bond acceptors (Lipinski definition) is 4. The summed E-state index contributed by atoms with van der Waals surface area (Å²) in [6.45, 7) is 12.2. The number of hydrogen-bond donors (Lipinski definition) is 1. The van der Waals surface area contributed by atoms with E-state index in [1.165, 1.54) is 4.90 Å². The van der Waals surface area contributed by atoms with Gasteiger partial charge in [0, 0.05) is 13.1 Å². The van der Waals surface area contributed by atoms with E-state index in [9.17, 15) is 18.0 Å². The van der Waals surface area contributed by atoms with E-state index in [0.717, 1.165) is 40.1 Å². The molecular formula is C28H41N3O4S. The minimum absolute atomic E-state index is 0.0881. The fraction of sp³-hybridized carbons (Fsp3) is 0.500. The summed E-state index contributed by atoms with van der Waals surface area (Å²) >= 11 is 0. The number of benzene rings is 2. The lowest BCUT2D eigenvalue weighted by molar-refractivity contribution is -0.139. The molecule has 0 aliphatic heterocycles. The smallest absolute Gasteiger partial charge is 0.244 e. The first-order valence-corrected chi connectivity index (χ1v) is 14.3. The van der Waals surface area contributed by atoms with Crippen LogP contribution in [-0.2, 0) is 31.6 Å². The fourth-order valence-electron chi connectivity index (χ4n) is 3.83. The zero-order valence-corrected chi connectivity index (χ0v) is 23.5.